The molecule has 0 bridgehead atoms. The second kappa shape index (κ2) is 7.33. The third-order valence-electron chi connectivity index (χ3n) is 4.49. The van der Waals surface area contributed by atoms with Gasteiger partial charge in [0, 0.05) is 28.6 Å². The fourth-order valence-electron chi connectivity index (χ4n) is 3.19. The maximum absolute atomic E-state index is 12.5. The Morgan fingerprint density at radius 2 is 1.88 bits per heavy atom. The van der Waals surface area contributed by atoms with Crippen LogP contribution in [0.15, 0.2) is 29.2 Å². The molecule has 0 aliphatic carbocycles. The van der Waals surface area contributed by atoms with Crippen molar-refractivity contribution < 1.29 is 9.59 Å². The van der Waals surface area contributed by atoms with Crippen molar-refractivity contribution in [2.75, 3.05) is 6.54 Å². The third-order valence-corrected chi connectivity index (χ3v) is 5.63. The molecule has 2 heterocycles. The van der Waals surface area contributed by atoms with Crippen LogP contribution in [0.5, 0.6) is 0 Å². The number of carbonyl (C=O) groups is 2. The summed E-state index contributed by atoms with van der Waals surface area (Å²) in [5.41, 5.74) is 5.13. The Kier molecular flexibility index (Phi) is 5.30. The van der Waals surface area contributed by atoms with E-state index in [0.717, 1.165) is 46.4 Å². The standard InChI is InChI=1S/C20H21ClN2O2S/c1-5-8-22-19(24)18(26-20(22)25)10-15-9-13(3)23(14(15)4)17-11-16(21)7-6-12(17)2/h6-7,9-11H,5,8H2,1-4H3/b18-10+. The van der Waals surface area contributed by atoms with E-state index in [1.807, 2.05) is 58.0 Å². The summed E-state index contributed by atoms with van der Waals surface area (Å²) in [5, 5.41) is 0.489. The number of nitrogens with zero attached hydrogens (tertiary/aromatic N) is 2. The molecule has 1 aliphatic heterocycles. The molecule has 0 radical (unpaired) electrons. The summed E-state index contributed by atoms with van der Waals surface area (Å²) < 4.78 is 2.13. The maximum atomic E-state index is 12.5. The number of thioether (sulfide) groups is 1. The number of halogens is 1. The smallest absolute Gasteiger partial charge is 0.293 e. The van der Waals surface area contributed by atoms with Gasteiger partial charge in [-0.15, -0.1) is 0 Å². The van der Waals surface area contributed by atoms with Crippen LogP contribution in [0, 0.1) is 20.8 Å². The molecule has 1 aliphatic rings. The molecule has 0 spiro atoms. The normalized spacial score (nSPS) is 16.2. The van der Waals surface area contributed by atoms with Crippen LogP contribution in [0.2, 0.25) is 5.02 Å². The second-order valence-corrected chi connectivity index (χ2v) is 7.86. The minimum Gasteiger partial charge on any atom is -0.318 e. The van der Waals surface area contributed by atoms with Gasteiger partial charge >= 0.3 is 0 Å². The van der Waals surface area contributed by atoms with E-state index in [2.05, 4.69) is 4.57 Å². The number of rotatable bonds is 4. The van der Waals surface area contributed by atoms with Crippen molar-refractivity contribution in [3.8, 4) is 5.69 Å². The Balaban J connectivity index is 2.03. The third kappa shape index (κ3) is 3.33. The average molecular weight is 389 g/mol. The van der Waals surface area contributed by atoms with Gasteiger partial charge in [0.05, 0.1) is 4.91 Å². The molecule has 3 rings (SSSR count). The van der Waals surface area contributed by atoms with Crippen LogP contribution in [0.25, 0.3) is 11.8 Å². The predicted octanol–water partition coefficient (Wildman–Crippen LogP) is 5.50. The molecule has 4 nitrogen and oxygen atoms in total. The predicted molar refractivity (Wildman–Crippen MR) is 108 cm³/mol. The number of aromatic nitrogens is 1. The number of carbonyl (C=O) groups excluding carboxylic acids is 2. The quantitative estimate of drug-likeness (QED) is 0.649. The van der Waals surface area contributed by atoms with Crippen LogP contribution in [0.3, 0.4) is 0 Å². The molecule has 0 N–H and O–H groups in total. The van der Waals surface area contributed by atoms with Crippen LogP contribution in [0.1, 0.15) is 35.9 Å². The monoisotopic (exact) mass is 388 g/mol. The van der Waals surface area contributed by atoms with Crippen molar-refractivity contribution in [1.82, 2.24) is 9.47 Å². The molecule has 1 saturated heterocycles. The summed E-state index contributed by atoms with van der Waals surface area (Å²) in [6.45, 7) is 8.49. The summed E-state index contributed by atoms with van der Waals surface area (Å²) in [6, 6.07) is 7.84. The van der Waals surface area contributed by atoms with Gasteiger partial charge in [-0.05, 0) is 74.4 Å². The molecule has 1 aromatic carbocycles. The van der Waals surface area contributed by atoms with Gasteiger partial charge in [-0.1, -0.05) is 24.6 Å². The van der Waals surface area contributed by atoms with Gasteiger partial charge in [-0.3, -0.25) is 14.5 Å². The number of hydrogen-bond acceptors (Lipinski definition) is 3. The number of imide groups is 1. The first-order chi connectivity index (χ1) is 12.3. The van der Waals surface area contributed by atoms with E-state index in [4.69, 9.17) is 11.6 Å². The van der Waals surface area contributed by atoms with Crippen LogP contribution in [0.4, 0.5) is 4.79 Å². The summed E-state index contributed by atoms with van der Waals surface area (Å²) in [6.07, 6.45) is 2.58. The van der Waals surface area contributed by atoms with Gasteiger partial charge < -0.3 is 4.57 Å². The summed E-state index contributed by atoms with van der Waals surface area (Å²) in [4.78, 5) is 26.3. The van der Waals surface area contributed by atoms with Crippen molar-refractivity contribution >= 4 is 40.6 Å². The number of aryl methyl sites for hydroxylation is 2. The lowest BCUT2D eigenvalue weighted by Gasteiger charge is -2.13. The van der Waals surface area contributed by atoms with E-state index in [1.54, 1.807) is 0 Å². The van der Waals surface area contributed by atoms with E-state index in [9.17, 15) is 9.59 Å². The molecule has 2 amide bonds. The molecular formula is C20H21ClN2O2S. The lowest BCUT2D eigenvalue weighted by molar-refractivity contribution is -0.122. The molecule has 0 saturated carbocycles. The van der Waals surface area contributed by atoms with Gasteiger partial charge in [0.25, 0.3) is 11.1 Å². The molecule has 1 aromatic heterocycles. The lowest BCUT2D eigenvalue weighted by Crippen LogP contribution is -2.28. The minimum atomic E-state index is -0.203. The van der Waals surface area contributed by atoms with Crippen molar-refractivity contribution in [3.63, 3.8) is 0 Å². The van der Waals surface area contributed by atoms with Crippen molar-refractivity contribution in [2.45, 2.75) is 34.1 Å². The van der Waals surface area contributed by atoms with Crippen molar-refractivity contribution in [3.05, 3.63) is 56.7 Å². The van der Waals surface area contributed by atoms with E-state index in [0.29, 0.717) is 16.5 Å². The molecule has 0 unspecified atom stereocenters. The fourth-order valence-corrected chi connectivity index (χ4v) is 4.21. The Hall–Kier alpha value is -1.98. The van der Waals surface area contributed by atoms with Gasteiger partial charge in [0.2, 0.25) is 0 Å². The van der Waals surface area contributed by atoms with Crippen LogP contribution < -0.4 is 0 Å². The summed E-state index contributed by atoms with van der Waals surface area (Å²) in [7, 11) is 0. The topological polar surface area (TPSA) is 42.3 Å². The highest BCUT2D eigenvalue weighted by molar-refractivity contribution is 8.18. The van der Waals surface area contributed by atoms with Crippen molar-refractivity contribution in [2.24, 2.45) is 0 Å². The molecule has 1 fully saturated rings. The largest absolute Gasteiger partial charge is 0.318 e. The van der Waals surface area contributed by atoms with Gasteiger partial charge in [-0.2, -0.15) is 0 Å². The SMILES string of the molecule is CCCN1C(=O)S/C(=C/c2cc(C)n(-c3cc(Cl)ccc3C)c2C)C1=O. The van der Waals surface area contributed by atoms with Crippen LogP contribution >= 0.6 is 23.4 Å². The second-order valence-electron chi connectivity index (χ2n) is 6.43. The Morgan fingerprint density at radius 3 is 2.58 bits per heavy atom. The molecule has 26 heavy (non-hydrogen) atoms. The van der Waals surface area contributed by atoms with Gasteiger partial charge in [0.15, 0.2) is 0 Å². The average Bonchev–Trinajstić information content (AvgIpc) is 3.01. The zero-order valence-electron chi connectivity index (χ0n) is 15.3. The first-order valence-electron chi connectivity index (χ1n) is 8.54. The number of amides is 2. The fraction of sp³-hybridized carbons (Fsp3) is 0.300. The van der Waals surface area contributed by atoms with E-state index >= 15 is 0 Å². The Labute approximate surface area is 162 Å². The van der Waals surface area contributed by atoms with E-state index in [-0.39, 0.29) is 11.1 Å². The minimum absolute atomic E-state index is 0.192. The lowest BCUT2D eigenvalue weighted by atomic mass is 10.2. The first-order valence-corrected chi connectivity index (χ1v) is 9.73. The Bertz CT molecular complexity index is 930. The zero-order chi connectivity index (χ0) is 19.0. The molecular weight excluding hydrogens is 368 g/mol. The molecule has 136 valence electrons. The van der Waals surface area contributed by atoms with Gasteiger partial charge in [0.1, 0.15) is 0 Å². The highest BCUT2D eigenvalue weighted by Gasteiger charge is 2.34. The molecule has 2 aromatic rings. The van der Waals surface area contributed by atoms with Crippen molar-refractivity contribution in [1.29, 1.82) is 0 Å². The molecule has 6 heteroatoms. The summed E-state index contributed by atoms with van der Waals surface area (Å²) in [5.74, 6) is -0.203. The zero-order valence-corrected chi connectivity index (χ0v) is 16.9. The van der Waals surface area contributed by atoms with E-state index < -0.39 is 0 Å². The highest BCUT2D eigenvalue weighted by Crippen LogP contribution is 2.34. The van der Waals surface area contributed by atoms with E-state index in [1.165, 1.54) is 4.90 Å². The molecule has 0 atom stereocenters. The first kappa shape index (κ1) is 18.8. The maximum Gasteiger partial charge on any atom is 0.293 e. The highest BCUT2D eigenvalue weighted by atomic mass is 35.5. The number of hydrogen-bond donors (Lipinski definition) is 0. The van der Waals surface area contributed by atoms with Crippen LogP contribution in [-0.4, -0.2) is 27.2 Å². The Morgan fingerprint density at radius 1 is 1.15 bits per heavy atom. The van der Waals surface area contributed by atoms with Crippen LogP contribution in [-0.2, 0) is 4.79 Å². The number of benzene rings is 1. The summed E-state index contributed by atoms with van der Waals surface area (Å²) >= 11 is 7.19. The van der Waals surface area contributed by atoms with Gasteiger partial charge in [-0.25, -0.2) is 0 Å².